The van der Waals surface area contributed by atoms with Gasteiger partial charge < -0.3 is 0 Å². The fraction of sp³-hybridized carbons (Fsp3) is 0.300. The molecular weight excluding hydrogens is 267 g/mol. The summed E-state index contributed by atoms with van der Waals surface area (Å²) < 4.78 is 38.1. The van der Waals surface area contributed by atoms with Crippen LogP contribution in [0, 0.1) is 6.92 Å². The van der Waals surface area contributed by atoms with E-state index in [4.69, 9.17) is 0 Å². The van der Waals surface area contributed by atoms with Gasteiger partial charge in [0.25, 0.3) is 5.56 Å². The summed E-state index contributed by atoms with van der Waals surface area (Å²) in [6.07, 6.45) is -4.56. The fourth-order valence-electron chi connectivity index (χ4n) is 1.35. The molecule has 4 nitrogen and oxygen atoms in total. The molecule has 0 saturated carbocycles. The minimum absolute atomic E-state index is 0.0624. The predicted molar refractivity (Wildman–Crippen MR) is 59.5 cm³/mol. The lowest BCUT2D eigenvalue weighted by molar-refractivity contribution is -0.142. The first kappa shape index (κ1) is 12.7. The zero-order valence-corrected chi connectivity index (χ0v) is 10.0. The second-order valence-electron chi connectivity index (χ2n) is 3.57. The van der Waals surface area contributed by atoms with Gasteiger partial charge in [-0.05, 0) is 13.0 Å². The molecule has 0 aromatic carbocycles. The molecule has 96 valence electrons. The quantitative estimate of drug-likeness (QED) is 0.843. The van der Waals surface area contributed by atoms with Crippen molar-refractivity contribution in [2.24, 2.45) is 0 Å². The van der Waals surface area contributed by atoms with Crippen LogP contribution in [0.25, 0.3) is 0 Å². The second-order valence-corrected chi connectivity index (χ2v) is 4.63. The Kier molecular flexibility index (Phi) is 3.20. The first-order valence-corrected chi connectivity index (χ1v) is 5.80. The highest BCUT2D eigenvalue weighted by Crippen LogP contribution is 2.26. The van der Waals surface area contributed by atoms with Crippen LogP contribution in [0.3, 0.4) is 0 Å². The lowest BCUT2D eigenvalue weighted by atomic mass is 10.4. The molecule has 18 heavy (non-hydrogen) atoms. The molecule has 2 aromatic rings. The van der Waals surface area contributed by atoms with Crippen molar-refractivity contribution >= 4 is 11.3 Å². The summed E-state index contributed by atoms with van der Waals surface area (Å²) in [6, 6.07) is 1.53. The molecule has 0 aliphatic heterocycles. The minimum atomic E-state index is -4.56. The van der Waals surface area contributed by atoms with Crippen LogP contribution in [-0.4, -0.2) is 14.8 Å². The van der Waals surface area contributed by atoms with Crippen molar-refractivity contribution in [1.82, 2.24) is 14.8 Å². The molecule has 0 aliphatic rings. The Morgan fingerprint density at radius 2 is 2.11 bits per heavy atom. The van der Waals surface area contributed by atoms with Crippen LogP contribution in [0.1, 0.15) is 16.4 Å². The molecule has 0 aliphatic carbocycles. The smallest absolute Gasteiger partial charge is 0.268 e. The van der Waals surface area contributed by atoms with Crippen molar-refractivity contribution in [2.75, 3.05) is 0 Å². The summed E-state index contributed by atoms with van der Waals surface area (Å²) >= 11 is 1.36. The first-order valence-electron chi connectivity index (χ1n) is 4.92. The summed E-state index contributed by atoms with van der Waals surface area (Å²) in [5.74, 6) is 0. The number of halogens is 3. The predicted octanol–water partition coefficient (Wildman–Crippen LogP) is 2.08. The molecule has 0 amide bonds. The highest BCUT2D eigenvalue weighted by atomic mass is 32.1. The van der Waals surface area contributed by atoms with E-state index in [2.05, 4.69) is 10.1 Å². The summed E-state index contributed by atoms with van der Waals surface area (Å²) in [5.41, 5.74) is -1.16. The lowest BCUT2D eigenvalue weighted by Crippen LogP contribution is -2.26. The van der Waals surface area contributed by atoms with Gasteiger partial charge in [-0.25, -0.2) is 9.67 Å². The van der Waals surface area contributed by atoms with E-state index in [0.717, 1.165) is 15.8 Å². The van der Waals surface area contributed by atoms with Crippen molar-refractivity contribution < 1.29 is 13.2 Å². The summed E-state index contributed by atoms with van der Waals surface area (Å²) in [7, 11) is 0. The van der Waals surface area contributed by atoms with Crippen LogP contribution < -0.4 is 5.56 Å². The molecule has 8 heteroatoms. The highest BCUT2D eigenvalue weighted by Gasteiger charge is 2.33. The number of aromatic nitrogens is 3. The average molecular weight is 275 g/mol. The van der Waals surface area contributed by atoms with Crippen LogP contribution in [0.4, 0.5) is 13.2 Å². The molecule has 2 rings (SSSR count). The molecule has 0 radical (unpaired) electrons. The zero-order valence-electron chi connectivity index (χ0n) is 9.23. The van der Waals surface area contributed by atoms with Crippen LogP contribution in [0.2, 0.25) is 0 Å². The third kappa shape index (κ3) is 2.76. The van der Waals surface area contributed by atoms with Crippen molar-refractivity contribution in [2.45, 2.75) is 19.6 Å². The Hall–Kier alpha value is -1.70. The van der Waals surface area contributed by atoms with Gasteiger partial charge in [0, 0.05) is 11.4 Å². The second kappa shape index (κ2) is 4.52. The molecule has 0 spiro atoms. The number of nitrogens with zero attached hydrogens (tertiary/aromatic N) is 3. The van der Waals surface area contributed by atoms with Crippen molar-refractivity contribution in [3.8, 4) is 0 Å². The Labute approximate surface area is 104 Å². The molecular formula is C10H8F3N3OS. The van der Waals surface area contributed by atoms with Gasteiger partial charge in [0.1, 0.15) is 0 Å². The summed E-state index contributed by atoms with van der Waals surface area (Å²) in [6.45, 7) is 1.71. The van der Waals surface area contributed by atoms with Crippen LogP contribution in [-0.2, 0) is 12.7 Å². The van der Waals surface area contributed by atoms with E-state index in [1.165, 1.54) is 11.3 Å². The van der Waals surface area contributed by atoms with Crippen LogP contribution in [0.15, 0.2) is 22.3 Å². The lowest BCUT2D eigenvalue weighted by Gasteiger charge is -2.08. The maximum absolute atomic E-state index is 12.5. The number of hydrogen-bond acceptors (Lipinski definition) is 4. The Morgan fingerprint density at radius 3 is 2.67 bits per heavy atom. The molecule has 0 unspecified atom stereocenters. The number of hydrogen-bond donors (Lipinski definition) is 0. The van der Waals surface area contributed by atoms with Gasteiger partial charge >= 0.3 is 6.18 Å². The molecule has 0 saturated heterocycles. The monoisotopic (exact) mass is 275 g/mol. The standard InChI is InChI=1S/C10H8F3N3OS/c1-6-14-7(5-18-6)4-16-9(17)3-2-8(15-16)10(11,12)13/h2-3,5H,4H2,1H3. The minimum Gasteiger partial charge on any atom is -0.268 e. The van der Waals surface area contributed by atoms with Crippen molar-refractivity contribution in [3.63, 3.8) is 0 Å². The van der Waals surface area contributed by atoms with E-state index in [-0.39, 0.29) is 6.54 Å². The molecule has 0 fully saturated rings. The van der Waals surface area contributed by atoms with Gasteiger partial charge in [-0.2, -0.15) is 18.3 Å². The van der Waals surface area contributed by atoms with Crippen molar-refractivity contribution in [3.05, 3.63) is 44.3 Å². The first-order chi connectivity index (χ1) is 8.36. The van der Waals surface area contributed by atoms with Gasteiger partial charge in [0.2, 0.25) is 0 Å². The van der Waals surface area contributed by atoms with Gasteiger partial charge in [0.05, 0.1) is 17.2 Å². The fourth-order valence-corrected chi connectivity index (χ4v) is 1.95. The largest absolute Gasteiger partial charge is 0.435 e. The molecule has 2 aromatic heterocycles. The van der Waals surface area contributed by atoms with E-state index >= 15 is 0 Å². The third-order valence-corrected chi connectivity index (χ3v) is 2.96. The zero-order chi connectivity index (χ0) is 13.3. The van der Waals surface area contributed by atoms with Gasteiger partial charge in [-0.15, -0.1) is 11.3 Å². The number of thiazole rings is 1. The van der Waals surface area contributed by atoms with E-state index in [1.54, 1.807) is 12.3 Å². The Balaban J connectivity index is 2.35. The molecule has 0 N–H and O–H groups in total. The van der Waals surface area contributed by atoms with E-state index in [1.807, 2.05) is 0 Å². The maximum atomic E-state index is 12.5. The number of aryl methyl sites for hydroxylation is 1. The third-order valence-electron chi connectivity index (χ3n) is 2.14. The summed E-state index contributed by atoms with van der Waals surface area (Å²) in [5, 5.41) is 5.76. The number of alkyl halides is 3. The molecule has 2 heterocycles. The molecule has 0 bridgehead atoms. The van der Waals surface area contributed by atoms with Crippen LogP contribution in [0.5, 0.6) is 0 Å². The summed E-state index contributed by atoms with van der Waals surface area (Å²) in [4.78, 5) is 15.5. The highest BCUT2D eigenvalue weighted by molar-refractivity contribution is 7.09. The van der Waals surface area contributed by atoms with E-state index in [9.17, 15) is 18.0 Å². The topological polar surface area (TPSA) is 47.8 Å². The van der Waals surface area contributed by atoms with Gasteiger partial charge in [-0.3, -0.25) is 4.79 Å². The normalized spacial score (nSPS) is 11.8. The number of rotatable bonds is 2. The van der Waals surface area contributed by atoms with Gasteiger partial charge in [0.15, 0.2) is 5.69 Å². The maximum Gasteiger partial charge on any atom is 0.435 e. The van der Waals surface area contributed by atoms with Crippen molar-refractivity contribution in [1.29, 1.82) is 0 Å². The SMILES string of the molecule is Cc1nc(Cn2nc(C(F)(F)F)ccc2=O)cs1. The van der Waals surface area contributed by atoms with Gasteiger partial charge in [-0.1, -0.05) is 0 Å². The average Bonchev–Trinajstić information content (AvgIpc) is 2.66. The Bertz CT molecular complexity index is 617. The van der Waals surface area contributed by atoms with E-state index < -0.39 is 17.4 Å². The molecule has 0 atom stereocenters. The van der Waals surface area contributed by atoms with Crippen LogP contribution >= 0.6 is 11.3 Å². The Morgan fingerprint density at radius 1 is 1.39 bits per heavy atom. The van der Waals surface area contributed by atoms with E-state index in [0.29, 0.717) is 11.8 Å².